The van der Waals surface area contributed by atoms with Crippen molar-refractivity contribution in [2.24, 2.45) is 5.84 Å². The van der Waals surface area contributed by atoms with Crippen LogP contribution in [0.25, 0.3) is 0 Å². The van der Waals surface area contributed by atoms with E-state index in [0.29, 0.717) is 10.8 Å². The van der Waals surface area contributed by atoms with Gasteiger partial charge >= 0.3 is 0 Å². The quantitative estimate of drug-likeness (QED) is 0.622. The van der Waals surface area contributed by atoms with Crippen molar-refractivity contribution in [3.05, 3.63) is 57.0 Å². The lowest BCUT2D eigenvalue weighted by molar-refractivity contribution is 0.394. The monoisotopic (exact) mass is 370 g/mol. The van der Waals surface area contributed by atoms with Gasteiger partial charge in [0.05, 0.1) is 20.3 Å². The molecular formula is C15H16BrClN2O2. The van der Waals surface area contributed by atoms with Gasteiger partial charge in [-0.05, 0) is 42.0 Å². The van der Waals surface area contributed by atoms with Crippen molar-refractivity contribution in [1.82, 2.24) is 5.43 Å². The molecule has 0 aliphatic carbocycles. The number of hydrogen-bond acceptors (Lipinski definition) is 4. The first kappa shape index (κ1) is 16.1. The number of hydrazine groups is 1. The maximum atomic E-state index is 6.09. The lowest BCUT2D eigenvalue weighted by Gasteiger charge is -2.21. The first-order valence-corrected chi connectivity index (χ1v) is 7.40. The van der Waals surface area contributed by atoms with Gasteiger partial charge in [-0.15, -0.1) is 0 Å². The molecular weight excluding hydrogens is 356 g/mol. The highest BCUT2D eigenvalue weighted by molar-refractivity contribution is 9.10. The Bertz CT molecular complexity index is 637. The minimum absolute atomic E-state index is 0.289. The molecule has 0 bridgehead atoms. The van der Waals surface area contributed by atoms with Crippen LogP contribution in [0, 0.1) is 0 Å². The lowest BCUT2D eigenvalue weighted by Crippen LogP contribution is -2.29. The molecule has 0 aromatic heterocycles. The topological polar surface area (TPSA) is 56.5 Å². The average molecular weight is 372 g/mol. The van der Waals surface area contributed by atoms with E-state index in [9.17, 15) is 0 Å². The van der Waals surface area contributed by atoms with Crippen molar-refractivity contribution in [2.75, 3.05) is 14.2 Å². The predicted molar refractivity (Wildman–Crippen MR) is 87.9 cm³/mol. The molecule has 0 saturated carbocycles. The SMILES string of the molecule is COc1ccc(OC)c(C(NN)c2cc(Cl)ccc2Br)c1. The number of halogens is 2. The Morgan fingerprint density at radius 2 is 1.86 bits per heavy atom. The molecule has 0 radical (unpaired) electrons. The standard InChI is InChI=1S/C15H16BrClN2O2/c1-20-10-4-6-14(21-2)12(8-10)15(19-18)11-7-9(17)3-5-13(11)16/h3-8,15,19H,18H2,1-2H3. The minimum Gasteiger partial charge on any atom is -0.497 e. The zero-order valence-electron chi connectivity index (χ0n) is 11.7. The van der Waals surface area contributed by atoms with E-state index in [0.717, 1.165) is 21.3 Å². The summed E-state index contributed by atoms with van der Waals surface area (Å²) in [6, 6.07) is 10.8. The van der Waals surface area contributed by atoms with E-state index in [1.54, 1.807) is 14.2 Å². The van der Waals surface area contributed by atoms with Gasteiger partial charge in [0, 0.05) is 15.1 Å². The Kier molecular flexibility index (Phi) is 5.47. The van der Waals surface area contributed by atoms with E-state index in [4.69, 9.17) is 26.9 Å². The molecule has 0 amide bonds. The molecule has 0 saturated heterocycles. The van der Waals surface area contributed by atoms with Gasteiger partial charge in [0.15, 0.2) is 0 Å². The van der Waals surface area contributed by atoms with E-state index >= 15 is 0 Å². The Hall–Kier alpha value is -1.27. The number of nitrogens with two attached hydrogens (primary N) is 1. The zero-order valence-corrected chi connectivity index (χ0v) is 14.0. The number of methoxy groups -OCH3 is 2. The fourth-order valence-corrected chi connectivity index (χ4v) is 2.80. The highest BCUT2D eigenvalue weighted by atomic mass is 79.9. The number of ether oxygens (including phenoxy) is 2. The van der Waals surface area contributed by atoms with Crippen molar-refractivity contribution >= 4 is 27.5 Å². The van der Waals surface area contributed by atoms with Gasteiger partial charge in [-0.1, -0.05) is 27.5 Å². The van der Waals surface area contributed by atoms with Gasteiger partial charge in [0.1, 0.15) is 11.5 Å². The van der Waals surface area contributed by atoms with E-state index in [-0.39, 0.29) is 6.04 Å². The molecule has 112 valence electrons. The van der Waals surface area contributed by atoms with Crippen molar-refractivity contribution in [1.29, 1.82) is 0 Å². The molecule has 4 nitrogen and oxygen atoms in total. The molecule has 2 aromatic rings. The van der Waals surface area contributed by atoms with Crippen LogP contribution in [0.1, 0.15) is 17.2 Å². The molecule has 0 aliphatic rings. The third-order valence-corrected chi connectivity index (χ3v) is 4.14. The second kappa shape index (κ2) is 7.13. The van der Waals surface area contributed by atoms with Crippen LogP contribution in [0.15, 0.2) is 40.9 Å². The van der Waals surface area contributed by atoms with Gasteiger partial charge in [-0.25, -0.2) is 5.43 Å². The molecule has 21 heavy (non-hydrogen) atoms. The number of hydrogen-bond donors (Lipinski definition) is 2. The Balaban J connectivity index is 2.57. The van der Waals surface area contributed by atoms with Crippen LogP contribution in [0.4, 0.5) is 0 Å². The van der Waals surface area contributed by atoms with Gasteiger partial charge in [0.2, 0.25) is 0 Å². The van der Waals surface area contributed by atoms with Crippen molar-refractivity contribution in [3.8, 4) is 11.5 Å². The van der Waals surface area contributed by atoms with Crippen LogP contribution in [0.2, 0.25) is 5.02 Å². The van der Waals surface area contributed by atoms with Gasteiger partial charge < -0.3 is 9.47 Å². The summed E-state index contributed by atoms with van der Waals surface area (Å²) in [4.78, 5) is 0. The van der Waals surface area contributed by atoms with Crippen LogP contribution >= 0.6 is 27.5 Å². The normalized spacial score (nSPS) is 12.0. The Labute approximate surface area is 137 Å². The third-order valence-electron chi connectivity index (χ3n) is 3.18. The summed E-state index contributed by atoms with van der Waals surface area (Å²) in [5, 5.41) is 0.635. The van der Waals surface area contributed by atoms with Crippen LogP contribution in [0.5, 0.6) is 11.5 Å². The summed E-state index contributed by atoms with van der Waals surface area (Å²) >= 11 is 9.62. The smallest absolute Gasteiger partial charge is 0.124 e. The van der Waals surface area contributed by atoms with Crippen molar-refractivity contribution in [2.45, 2.75) is 6.04 Å². The minimum atomic E-state index is -0.289. The summed E-state index contributed by atoms with van der Waals surface area (Å²) in [7, 11) is 3.23. The predicted octanol–water partition coefficient (Wildman–Crippen LogP) is 3.67. The largest absolute Gasteiger partial charge is 0.497 e. The fraction of sp³-hybridized carbons (Fsp3) is 0.200. The average Bonchev–Trinajstić information content (AvgIpc) is 2.51. The van der Waals surface area contributed by atoms with Crippen LogP contribution < -0.4 is 20.7 Å². The first-order chi connectivity index (χ1) is 10.1. The lowest BCUT2D eigenvalue weighted by atomic mass is 9.98. The number of nitrogens with one attached hydrogen (secondary N) is 1. The van der Waals surface area contributed by atoms with Crippen LogP contribution in [-0.4, -0.2) is 14.2 Å². The number of benzene rings is 2. The van der Waals surface area contributed by atoms with Crippen molar-refractivity contribution < 1.29 is 9.47 Å². The molecule has 6 heteroatoms. The van der Waals surface area contributed by atoms with Gasteiger partial charge in [0.25, 0.3) is 0 Å². The van der Waals surface area contributed by atoms with Gasteiger partial charge in [-0.2, -0.15) is 0 Å². The molecule has 3 N–H and O–H groups in total. The maximum Gasteiger partial charge on any atom is 0.124 e. The zero-order chi connectivity index (χ0) is 15.4. The molecule has 0 aliphatic heterocycles. The summed E-state index contributed by atoms with van der Waals surface area (Å²) < 4.78 is 11.6. The Morgan fingerprint density at radius 1 is 1.10 bits per heavy atom. The maximum absolute atomic E-state index is 6.09. The molecule has 1 unspecified atom stereocenters. The second-order valence-electron chi connectivity index (χ2n) is 4.37. The third kappa shape index (κ3) is 3.49. The summed E-state index contributed by atoms with van der Waals surface area (Å²) in [6.07, 6.45) is 0. The van der Waals surface area contributed by atoms with E-state index < -0.39 is 0 Å². The summed E-state index contributed by atoms with van der Waals surface area (Å²) in [6.45, 7) is 0. The van der Waals surface area contributed by atoms with Gasteiger partial charge in [-0.3, -0.25) is 5.84 Å². The van der Waals surface area contributed by atoms with E-state index in [1.165, 1.54) is 0 Å². The molecule has 2 aromatic carbocycles. The summed E-state index contributed by atoms with van der Waals surface area (Å²) in [5.74, 6) is 7.20. The van der Waals surface area contributed by atoms with E-state index in [1.807, 2.05) is 36.4 Å². The fourth-order valence-electron chi connectivity index (χ4n) is 2.15. The molecule has 0 heterocycles. The van der Waals surface area contributed by atoms with Crippen LogP contribution in [-0.2, 0) is 0 Å². The van der Waals surface area contributed by atoms with E-state index in [2.05, 4.69) is 21.4 Å². The molecule has 1 atom stereocenters. The second-order valence-corrected chi connectivity index (χ2v) is 5.66. The number of rotatable bonds is 5. The first-order valence-electron chi connectivity index (χ1n) is 6.23. The molecule has 0 spiro atoms. The summed E-state index contributed by atoms with van der Waals surface area (Å²) in [5.41, 5.74) is 4.58. The Morgan fingerprint density at radius 3 is 2.48 bits per heavy atom. The highest BCUT2D eigenvalue weighted by Crippen LogP contribution is 2.36. The highest BCUT2D eigenvalue weighted by Gasteiger charge is 2.20. The van der Waals surface area contributed by atoms with Crippen molar-refractivity contribution in [3.63, 3.8) is 0 Å². The molecule has 0 fully saturated rings. The molecule has 2 rings (SSSR count). The van der Waals surface area contributed by atoms with Crippen LogP contribution in [0.3, 0.4) is 0 Å².